The van der Waals surface area contributed by atoms with Gasteiger partial charge in [-0.25, -0.2) is 9.18 Å². The Morgan fingerprint density at radius 2 is 1.57 bits per heavy atom. The Balaban J connectivity index is 0.000000376. The SMILES string of the molecule is CNCc1cccc2c1S(=O)(=O)N=C2C1=C(O)[C@H](C(C)(C)C)N(Cc2ccc(F)cc2)C1=O.O=C(O)C(F)(F)C(F)(F)C(F)(F)F. The summed E-state index contributed by atoms with van der Waals surface area (Å²) in [4.78, 5) is 24.5. The molecule has 0 fully saturated rings. The van der Waals surface area contributed by atoms with Crippen molar-refractivity contribution in [1.82, 2.24) is 10.2 Å². The van der Waals surface area contributed by atoms with E-state index in [4.69, 9.17) is 5.11 Å². The number of aliphatic hydroxyl groups is 1. The van der Waals surface area contributed by atoms with Crippen LogP contribution in [0.2, 0.25) is 0 Å². The molecule has 0 radical (unpaired) electrons. The minimum atomic E-state index is -6.60. The van der Waals surface area contributed by atoms with Gasteiger partial charge in [-0.2, -0.15) is 43.5 Å². The maximum atomic E-state index is 13.6. The van der Waals surface area contributed by atoms with E-state index in [-0.39, 0.29) is 34.3 Å². The zero-order valence-electron chi connectivity index (χ0n) is 24.4. The molecule has 1 amide bonds. The number of nitrogens with one attached hydrogen (secondary N) is 1. The second-order valence-corrected chi connectivity index (χ2v) is 12.8. The van der Waals surface area contributed by atoms with Crippen LogP contribution in [0, 0.1) is 11.2 Å². The molecular weight excluding hydrogens is 658 g/mol. The van der Waals surface area contributed by atoms with Crippen molar-refractivity contribution in [1.29, 1.82) is 0 Å². The first-order valence-corrected chi connectivity index (χ1v) is 14.5. The fraction of sp³-hybridized carbons (Fsp3) is 0.393. The van der Waals surface area contributed by atoms with E-state index < -0.39 is 51.4 Å². The van der Waals surface area contributed by atoms with Crippen molar-refractivity contribution in [2.75, 3.05) is 7.05 Å². The van der Waals surface area contributed by atoms with Gasteiger partial charge in [0.2, 0.25) is 0 Å². The summed E-state index contributed by atoms with van der Waals surface area (Å²) >= 11 is 0. The number of carbonyl (C=O) groups excluding carboxylic acids is 1. The number of sulfonamides is 1. The molecular formula is C28H27F8N3O6S. The minimum absolute atomic E-state index is 0.0405. The van der Waals surface area contributed by atoms with Gasteiger partial charge in [0.25, 0.3) is 15.9 Å². The van der Waals surface area contributed by atoms with E-state index in [1.165, 1.54) is 17.0 Å². The zero-order chi connectivity index (χ0) is 35.2. The van der Waals surface area contributed by atoms with Gasteiger partial charge in [0.1, 0.15) is 27.8 Å². The predicted molar refractivity (Wildman–Crippen MR) is 146 cm³/mol. The molecule has 3 N–H and O–H groups in total. The molecule has 2 aliphatic rings. The third-order valence-corrected chi connectivity index (χ3v) is 8.25. The second kappa shape index (κ2) is 12.3. The number of hydrogen-bond donors (Lipinski definition) is 3. The highest BCUT2D eigenvalue weighted by Crippen LogP contribution is 2.46. The summed E-state index contributed by atoms with van der Waals surface area (Å²) in [5, 5.41) is 21.6. The number of alkyl halides is 7. The number of carboxylic acid groups (broad SMARTS) is 1. The Morgan fingerprint density at radius 1 is 1.00 bits per heavy atom. The summed E-state index contributed by atoms with van der Waals surface area (Å²) in [6.07, 6.45) is -6.60. The molecule has 2 aromatic carbocycles. The van der Waals surface area contributed by atoms with Crippen LogP contribution in [0.4, 0.5) is 35.1 Å². The summed E-state index contributed by atoms with van der Waals surface area (Å²) in [7, 11) is -2.33. The van der Waals surface area contributed by atoms with Crippen LogP contribution in [0.25, 0.3) is 0 Å². The molecule has 0 aliphatic carbocycles. The van der Waals surface area contributed by atoms with Crippen molar-refractivity contribution in [3.05, 3.63) is 76.3 Å². The summed E-state index contributed by atoms with van der Waals surface area (Å²) in [6, 6.07) is 10.1. The lowest BCUT2D eigenvalue weighted by Crippen LogP contribution is -2.56. The van der Waals surface area contributed by atoms with E-state index >= 15 is 0 Å². The molecule has 46 heavy (non-hydrogen) atoms. The fourth-order valence-electron chi connectivity index (χ4n) is 4.82. The topological polar surface area (TPSA) is 136 Å². The molecule has 0 saturated carbocycles. The molecule has 4 rings (SSSR count). The van der Waals surface area contributed by atoms with Gasteiger partial charge in [0.05, 0.1) is 6.04 Å². The molecule has 18 heteroatoms. The number of carbonyl (C=O) groups is 2. The Labute approximate surface area is 257 Å². The van der Waals surface area contributed by atoms with Crippen molar-refractivity contribution in [3.63, 3.8) is 0 Å². The number of amides is 1. The molecule has 0 aromatic heterocycles. The lowest BCUT2D eigenvalue weighted by molar-refractivity contribution is -0.347. The summed E-state index contributed by atoms with van der Waals surface area (Å²) in [5.41, 5.74) is 0.813. The number of fused-ring (bicyclic) bond motifs is 1. The first kappa shape index (κ1) is 36.4. The van der Waals surface area contributed by atoms with Crippen molar-refractivity contribution >= 4 is 27.6 Å². The first-order valence-electron chi connectivity index (χ1n) is 13.1. The van der Waals surface area contributed by atoms with E-state index in [0.29, 0.717) is 23.2 Å². The molecule has 0 spiro atoms. The molecule has 252 valence electrons. The highest BCUT2D eigenvalue weighted by Gasteiger charge is 2.76. The number of hydrogen-bond acceptors (Lipinski definition) is 6. The first-order chi connectivity index (χ1) is 20.9. The quantitative estimate of drug-likeness (QED) is 0.341. The number of rotatable bonds is 7. The molecule has 0 saturated heterocycles. The van der Waals surface area contributed by atoms with Gasteiger partial charge in [-0.15, -0.1) is 0 Å². The monoisotopic (exact) mass is 685 g/mol. The van der Waals surface area contributed by atoms with E-state index in [1.807, 2.05) is 20.8 Å². The highest BCUT2D eigenvalue weighted by atomic mass is 32.2. The van der Waals surface area contributed by atoms with Gasteiger partial charge in [-0.3, -0.25) is 4.79 Å². The summed E-state index contributed by atoms with van der Waals surface area (Å²) in [6.45, 7) is 6.09. The van der Waals surface area contributed by atoms with Crippen molar-refractivity contribution in [2.24, 2.45) is 9.81 Å². The molecule has 0 unspecified atom stereocenters. The van der Waals surface area contributed by atoms with Crippen LogP contribution in [0.1, 0.15) is 37.5 Å². The fourth-order valence-corrected chi connectivity index (χ4v) is 6.25. The maximum Gasteiger partial charge on any atom is 0.460 e. The van der Waals surface area contributed by atoms with Crippen LogP contribution < -0.4 is 5.32 Å². The van der Waals surface area contributed by atoms with E-state index in [2.05, 4.69) is 9.71 Å². The van der Waals surface area contributed by atoms with Gasteiger partial charge in [0, 0.05) is 18.7 Å². The Kier molecular flexibility index (Phi) is 9.72. The Bertz CT molecular complexity index is 1700. The van der Waals surface area contributed by atoms with Crippen molar-refractivity contribution in [2.45, 2.75) is 62.8 Å². The van der Waals surface area contributed by atoms with Gasteiger partial charge in [-0.05, 0) is 35.7 Å². The van der Waals surface area contributed by atoms with E-state index in [1.54, 1.807) is 37.4 Å². The summed E-state index contributed by atoms with van der Waals surface area (Å²) in [5.74, 6) is -17.4. The van der Waals surface area contributed by atoms with Crippen LogP contribution in [0.3, 0.4) is 0 Å². The minimum Gasteiger partial charge on any atom is -0.509 e. The van der Waals surface area contributed by atoms with Gasteiger partial charge >= 0.3 is 24.0 Å². The largest absolute Gasteiger partial charge is 0.509 e. The third kappa shape index (κ3) is 6.58. The standard InChI is InChI=1S/C24H26FN3O4S.C4HF7O2/c1-24(2,3)22-20(29)18(23(30)28(22)13-14-8-10-16(25)11-9-14)19-17-7-5-6-15(12-26-4)21(17)33(31,32)27-19;5-2(6,1(12)13)3(7,8)4(9,10)11/h5-11,22,26,29H,12-13H2,1-4H3;(H,12,13)/t22-;/m1./s1. The number of aliphatic carboxylic acids is 1. The third-order valence-electron chi connectivity index (χ3n) is 6.83. The van der Waals surface area contributed by atoms with Crippen LogP contribution in [-0.2, 0) is 32.7 Å². The zero-order valence-corrected chi connectivity index (χ0v) is 25.2. The van der Waals surface area contributed by atoms with Gasteiger partial charge in [-0.1, -0.05) is 51.1 Å². The Morgan fingerprint density at radius 3 is 2.02 bits per heavy atom. The normalized spacial score (nSPS) is 18.3. The molecule has 0 bridgehead atoms. The maximum absolute atomic E-state index is 13.6. The number of halogens is 8. The lowest BCUT2D eigenvalue weighted by atomic mass is 9.84. The average Bonchev–Trinajstić information content (AvgIpc) is 3.33. The van der Waals surface area contributed by atoms with Crippen LogP contribution in [0.5, 0.6) is 0 Å². The van der Waals surface area contributed by atoms with Crippen molar-refractivity contribution in [3.8, 4) is 0 Å². The smallest absolute Gasteiger partial charge is 0.460 e. The molecule has 9 nitrogen and oxygen atoms in total. The van der Waals surface area contributed by atoms with E-state index in [0.717, 1.165) is 0 Å². The highest BCUT2D eigenvalue weighted by molar-refractivity contribution is 7.90. The van der Waals surface area contributed by atoms with Gasteiger partial charge in [0.15, 0.2) is 0 Å². The number of aliphatic hydroxyl groups excluding tert-OH is 1. The number of benzene rings is 2. The van der Waals surface area contributed by atoms with Crippen LogP contribution >= 0.6 is 0 Å². The molecule has 2 aliphatic heterocycles. The van der Waals surface area contributed by atoms with E-state index in [9.17, 15) is 58.2 Å². The Hall–Kier alpha value is -4.06. The molecule has 1 atom stereocenters. The van der Waals surface area contributed by atoms with Crippen molar-refractivity contribution < 1.29 is 63.3 Å². The lowest BCUT2D eigenvalue weighted by Gasteiger charge is -2.35. The molecule has 2 aromatic rings. The van der Waals surface area contributed by atoms with Crippen LogP contribution in [-0.4, -0.2) is 72.2 Å². The average molecular weight is 686 g/mol. The second-order valence-electron chi connectivity index (χ2n) is 11.3. The summed E-state index contributed by atoms with van der Waals surface area (Å²) < 4.78 is 124. The van der Waals surface area contributed by atoms with Crippen LogP contribution in [0.15, 0.2) is 63.1 Å². The number of nitrogens with zero attached hydrogens (tertiary/aromatic N) is 2. The van der Waals surface area contributed by atoms with Gasteiger partial charge < -0.3 is 20.4 Å². The number of carboxylic acids is 1. The molecule has 2 heterocycles. The predicted octanol–water partition coefficient (Wildman–Crippen LogP) is 5.21.